The second-order valence-corrected chi connectivity index (χ2v) is 2.64. The Kier molecular flexibility index (Phi) is 3.77. The zero-order valence-corrected chi connectivity index (χ0v) is 7.23. The third-order valence-electron chi connectivity index (χ3n) is 1.11. The molecule has 0 aromatic heterocycles. The Morgan fingerprint density at radius 3 is 2.10 bits per heavy atom. The fourth-order valence-corrected chi connectivity index (χ4v) is 0.679. The summed E-state index contributed by atoms with van der Waals surface area (Å²) < 4.78 is 0. The molecule has 1 N–H and O–H groups in total. The second kappa shape index (κ2) is 4.09. The Morgan fingerprint density at radius 1 is 1.50 bits per heavy atom. The molecule has 0 heterocycles. The molecule has 0 unspecified atom stereocenters. The van der Waals surface area contributed by atoms with Crippen LogP contribution in [0.15, 0.2) is 17.3 Å². The van der Waals surface area contributed by atoms with Gasteiger partial charge in [-0.05, 0) is 6.92 Å². The van der Waals surface area contributed by atoms with Crippen molar-refractivity contribution in [3.05, 3.63) is 12.3 Å². The Bertz CT molecular complexity index is 145. The first-order valence-electron chi connectivity index (χ1n) is 3.49. The average molecular weight is 140 g/mol. The molecular formula is C8H16N2. The van der Waals surface area contributed by atoms with Crippen molar-refractivity contribution in [1.29, 1.82) is 0 Å². The molecule has 0 fully saturated rings. The van der Waals surface area contributed by atoms with Crippen molar-refractivity contribution in [2.75, 3.05) is 7.05 Å². The van der Waals surface area contributed by atoms with Crippen molar-refractivity contribution >= 4 is 5.84 Å². The van der Waals surface area contributed by atoms with Gasteiger partial charge in [0.25, 0.3) is 0 Å². The number of nitrogens with one attached hydrogen (secondary N) is 1. The van der Waals surface area contributed by atoms with Crippen LogP contribution < -0.4 is 5.32 Å². The molecule has 0 aliphatic rings. The van der Waals surface area contributed by atoms with Gasteiger partial charge in [0.1, 0.15) is 5.84 Å². The molecule has 0 aromatic rings. The maximum absolute atomic E-state index is 4.21. The average Bonchev–Trinajstić information content (AvgIpc) is 1.81. The minimum atomic E-state index is 0.446. The SMILES string of the molecule is C=C(C)/N=C(\NC)C(C)C. The highest BCUT2D eigenvalue weighted by Crippen LogP contribution is 1.97. The standard InChI is InChI=1S/C8H16N2/c1-6(2)8(9-5)10-7(3)4/h6H,3H2,1-2,4-5H3,(H,9,10). The molecule has 0 aromatic carbocycles. The van der Waals surface area contributed by atoms with Crippen molar-refractivity contribution in [2.24, 2.45) is 10.9 Å². The minimum Gasteiger partial charge on any atom is -0.376 e. The monoisotopic (exact) mass is 140 g/mol. The van der Waals surface area contributed by atoms with Gasteiger partial charge in [-0.1, -0.05) is 20.4 Å². The van der Waals surface area contributed by atoms with Crippen LogP contribution in [0.1, 0.15) is 20.8 Å². The van der Waals surface area contributed by atoms with Crippen LogP contribution in [0.25, 0.3) is 0 Å². The number of nitrogens with zero attached hydrogens (tertiary/aromatic N) is 1. The van der Waals surface area contributed by atoms with Gasteiger partial charge in [-0.3, -0.25) is 0 Å². The van der Waals surface area contributed by atoms with Gasteiger partial charge in [-0.2, -0.15) is 0 Å². The molecule has 58 valence electrons. The molecule has 0 radical (unpaired) electrons. The second-order valence-electron chi connectivity index (χ2n) is 2.64. The smallest absolute Gasteiger partial charge is 0.104 e. The fourth-order valence-electron chi connectivity index (χ4n) is 0.679. The Labute approximate surface area is 63.0 Å². The lowest BCUT2D eigenvalue weighted by molar-refractivity contribution is 0.834. The summed E-state index contributed by atoms with van der Waals surface area (Å²) in [5, 5.41) is 3.02. The van der Waals surface area contributed by atoms with Gasteiger partial charge in [0, 0.05) is 18.7 Å². The van der Waals surface area contributed by atoms with Crippen molar-refractivity contribution in [2.45, 2.75) is 20.8 Å². The number of hydrogen-bond donors (Lipinski definition) is 1. The number of aliphatic imine (C=N–C) groups is 1. The van der Waals surface area contributed by atoms with E-state index in [9.17, 15) is 0 Å². The first-order chi connectivity index (χ1) is 4.57. The van der Waals surface area contributed by atoms with E-state index >= 15 is 0 Å². The van der Waals surface area contributed by atoms with Crippen LogP contribution in [0.2, 0.25) is 0 Å². The summed E-state index contributed by atoms with van der Waals surface area (Å²) in [6.07, 6.45) is 0. The maximum atomic E-state index is 4.21. The Balaban J connectivity index is 4.18. The molecule has 0 aliphatic carbocycles. The molecule has 2 heteroatoms. The molecule has 0 spiro atoms. The zero-order chi connectivity index (χ0) is 8.15. The van der Waals surface area contributed by atoms with Gasteiger partial charge in [0.2, 0.25) is 0 Å². The van der Waals surface area contributed by atoms with Gasteiger partial charge in [-0.15, -0.1) is 0 Å². The Morgan fingerprint density at radius 2 is 2.00 bits per heavy atom. The number of allylic oxidation sites excluding steroid dienone is 1. The summed E-state index contributed by atoms with van der Waals surface area (Å²) in [7, 11) is 1.88. The molecule has 2 nitrogen and oxygen atoms in total. The van der Waals surface area contributed by atoms with Crippen LogP contribution >= 0.6 is 0 Å². The Hall–Kier alpha value is -0.790. The molecule has 0 amide bonds. The third-order valence-corrected chi connectivity index (χ3v) is 1.11. The highest BCUT2D eigenvalue weighted by molar-refractivity contribution is 5.84. The van der Waals surface area contributed by atoms with Gasteiger partial charge < -0.3 is 5.32 Å². The van der Waals surface area contributed by atoms with Crippen molar-refractivity contribution in [3.8, 4) is 0 Å². The number of rotatable bonds is 2. The van der Waals surface area contributed by atoms with Crippen LogP contribution in [0, 0.1) is 5.92 Å². The molecular weight excluding hydrogens is 124 g/mol. The van der Waals surface area contributed by atoms with E-state index < -0.39 is 0 Å². The molecule has 0 rings (SSSR count). The van der Waals surface area contributed by atoms with Crippen LogP contribution in [0.5, 0.6) is 0 Å². The van der Waals surface area contributed by atoms with E-state index in [1.807, 2.05) is 14.0 Å². The summed E-state index contributed by atoms with van der Waals surface area (Å²) >= 11 is 0. The van der Waals surface area contributed by atoms with E-state index in [4.69, 9.17) is 0 Å². The normalized spacial score (nSPS) is 11.9. The number of hydrogen-bond acceptors (Lipinski definition) is 1. The molecule has 10 heavy (non-hydrogen) atoms. The highest BCUT2D eigenvalue weighted by Gasteiger charge is 2.00. The lowest BCUT2D eigenvalue weighted by Gasteiger charge is -2.08. The molecule has 0 bridgehead atoms. The largest absolute Gasteiger partial charge is 0.376 e. The van der Waals surface area contributed by atoms with E-state index in [2.05, 4.69) is 30.7 Å². The van der Waals surface area contributed by atoms with Crippen LogP contribution in [0.3, 0.4) is 0 Å². The molecule has 0 saturated heterocycles. The fraction of sp³-hybridized carbons (Fsp3) is 0.625. The predicted molar refractivity (Wildman–Crippen MR) is 46.1 cm³/mol. The molecule has 0 aliphatic heterocycles. The molecule has 0 atom stereocenters. The summed E-state index contributed by atoms with van der Waals surface area (Å²) in [6.45, 7) is 9.78. The van der Waals surface area contributed by atoms with E-state index in [-0.39, 0.29) is 0 Å². The van der Waals surface area contributed by atoms with E-state index in [1.54, 1.807) is 0 Å². The third kappa shape index (κ3) is 3.28. The first-order valence-corrected chi connectivity index (χ1v) is 3.49. The molecule has 0 saturated carbocycles. The van der Waals surface area contributed by atoms with Crippen molar-refractivity contribution in [3.63, 3.8) is 0 Å². The lowest BCUT2D eigenvalue weighted by atomic mass is 10.2. The van der Waals surface area contributed by atoms with Crippen LogP contribution in [-0.2, 0) is 0 Å². The van der Waals surface area contributed by atoms with Gasteiger partial charge in [-0.25, -0.2) is 4.99 Å². The predicted octanol–water partition coefficient (Wildman–Crippen LogP) is 1.79. The number of amidine groups is 1. The van der Waals surface area contributed by atoms with Crippen molar-refractivity contribution < 1.29 is 0 Å². The topological polar surface area (TPSA) is 24.4 Å². The maximum Gasteiger partial charge on any atom is 0.104 e. The van der Waals surface area contributed by atoms with Gasteiger partial charge >= 0.3 is 0 Å². The lowest BCUT2D eigenvalue weighted by Crippen LogP contribution is -2.23. The summed E-state index contributed by atoms with van der Waals surface area (Å²) in [5.41, 5.74) is 0.845. The van der Waals surface area contributed by atoms with Gasteiger partial charge in [0.05, 0.1) is 0 Å². The highest BCUT2D eigenvalue weighted by atomic mass is 15.0. The summed E-state index contributed by atoms with van der Waals surface area (Å²) in [4.78, 5) is 4.21. The summed E-state index contributed by atoms with van der Waals surface area (Å²) in [6, 6.07) is 0. The van der Waals surface area contributed by atoms with E-state index in [1.165, 1.54) is 0 Å². The zero-order valence-electron chi connectivity index (χ0n) is 7.23. The van der Waals surface area contributed by atoms with Crippen LogP contribution in [0.4, 0.5) is 0 Å². The van der Waals surface area contributed by atoms with Crippen molar-refractivity contribution in [1.82, 2.24) is 5.32 Å². The van der Waals surface area contributed by atoms with Gasteiger partial charge in [0.15, 0.2) is 0 Å². The quantitative estimate of drug-likeness (QED) is 0.459. The van der Waals surface area contributed by atoms with E-state index in [0.717, 1.165) is 11.5 Å². The van der Waals surface area contributed by atoms with Crippen LogP contribution in [-0.4, -0.2) is 12.9 Å². The van der Waals surface area contributed by atoms with E-state index in [0.29, 0.717) is 5.92 Å². The minimum absolute atomic E-state index is 0.446. The summed E-state index contributed by atoms with van der Waals surface area (Å²) in [5.74, 6) is 1.44. The first kappa shape index (κ1) is 9.21.